The Labute approximate surface area is 133 Å². The summed E-state index contributed by atoms with van der Waals surface area (Å²) < 4.78 is 5.63. The number of carbonyl (C=O) groups is 1. The highest BCUT2D eigenvalue weighted by atomic mass is 16.5. The molecule has 0 unspecified atom stereocenters. The molecule has 0 radical (unpaired) electrons. The number of carbonyl (C=O) groups excluding carboxylic acids is 1. The van der Waals surface area contributed by atoms with Gasteiger partial charge < -0.3 is 15.0 Å². The lowest BCUT2D eigenvalue weighted by molar-refractivity contribution is -0.132. The van der Waals surface area contributed by atoms with Gasteiger partial charge in [0, 0.05) is 19.5 Å². The molecule has 1 N–H and O–H groups in total. The number of ether oxygens (including phenoxy) is 1. The summed E-state index contributed by atoms with van der Waals surface area (Å²) in [4.78, 5) is 14.2. The molecule has 1 heterocycles. The van der Waals surface area contributed by atoms with Crippen molar-refractivity contribution in [3.05, 3.63) is 30.3 Å². The van der Waals surface area contributed by atoms with Crippen LogP contribution in [0.15, 0.2) is 30.3 Å². The van der Waals surface area contributed by atoms with E-state index in [1.807, 2.05) is 35.2 Å². The second kappa shape index (κ2) is 9.46. The van der Waals surface area contributed by atoms with Gasteiger partial charge in [-0.15, -0.1) is 0 Å². The molecule has 22 heavy (non-hydrogen) atoms. The van der Waals surface area contributed by atoms with Crippen LogP contribution in [0.25, 0.3) is 0 Å². The lowest BCUT2D eigenvalue weighted by Crippen LogP contribution is -2.40. The number of hydrogen-bond donors (Lipinski definition) is 1. The summed E-state index contributed by atoms with van der Waals surface area (Å²) in [7, 11) is 0. The number of amides is 1. The first-order valence-electron chi connectivity index (χ1n) is 8.46. The zero-order chi connectivity index (χ0) is 15.6. The maximum atomic E-state index is 12.2. The van der Waals surface area contributed by atoms with E-state index in [1.165, 1.54) is 0 Å². The number of piperidine rings is 1. The van der Waals surface area contributed by atoms with E-state index in [-0.39, 0.29) is 5.91 Å². The van der Waals surface area contributed by atoms with Crippen LogP contribution in [0, 0.1) is 5.92 Å². The number of nitrogens with one attached hydrogen (secondary N) is 1. The maximum Gasteiger partial charge on any atom is 0.222 e. The van der Waals surface area contributed by atoms with E-state index in [1.54, 1.807) is 0 Å². The minimum absolute atomic E-state index is 0.276. The average Bonchev–Trinajstić information content (AvgIpc) is 2.58. The fraction of sp³-hybridized carbons (Fsp3) is 0.611. The maximum absolute atomic E-state index is 12.2. The number of benzene rings is 1. The van der Waals surface area contributed by atoms with E-state index >= 15 is 0 Å². The first kappa shape index (κ1) is 16.8. The monoisotopic (exact) mass is 304 g/mol. The summed E-state index contributed by atoms with van der Waals surface area (Å²) in [6.45, 7) is 6.68. The Kier molecular flexibility index (Phi) is 7.23. The van der Waals surface area contributed by atoms with Gasteiger partial charge in [-0.25, -0.2) is 0 Å². The molecule has 122 valence electrons. The van der Waals surface area contributed by atoms with Crippen LogP contribution in [0.1, 0.15) is 32.6 Å². The van der Waals surface area contributed by atoms with Gasteiger partial charge in [-0.1, -0.05) is 25.1 Å². The van der Waals surface area contributed by atoms with Crippen molar-refractivity contribution in [2.75, 3.05) is 32.8 Å². The Bertz CT molecular complexity index is 428. The van der Waals surface area contributed by atoms with Crippen LogP contribution in [0.3, 0.4) is 0 Å². The normalized spacial score (nSPS) is 15.8. The van der Waals surface area contributed by atoms with E-state index in [9.17, 15) is 4.79 Å². The highest BCUT2D eigenvalue weighted by Crippen LogP contribution is 2.17. The van der Waals surface area contributed by atoms with Crippen molar-refractivity contribution in [1.29, 1.82) is 0 Å². The zero-order valence-electron chi connectivity index (χ0n) is 13.6. The first-order chi connectivity index (χ1) is 10.8. The van der Waals surface area contributed by atoms with Gasteiger partial charge in [0.05, 0.1) is 6.61 Å². The second-order valence-electron chi connectivity index (χ2n) is 5.90. The lowest BCUT2D eigenvalue weighted by Gasteiger charge is -2.32. The molecule has 1 amide bonds. The molecule has 1 fully saturated rings. The molecule has 1 aromatic rings. The number of likely N-dealkylation sites (tertiary alicyclic amines) is 1. The molecular weight excluding hydrogens is 276 g/mol. The van der Waals surface area contributed by atoms with Crippen molar-refractivity contribution >= 4 is 5.91 Å². The minimum Gasteiger partial charge on any atom is -0.494 e. The molecule has 1 saturated heterocycles. The summed E-state index contributed by atoms with van der Waals surface area (Å²) in [6, 6.07) is 9.76. The van der Waals surface area contributed by atoms with Crippen molar-refractivity contribution in [2.45, 2.75) is 32.6 Å². The van der Waals surface area contributed by atoms with Crippen molar-refractivity contribution in [1.82, 2.24) is 10.2 Å². The number of hydrogen-bond acceptors (Lipinski definition) is 3. The minimum atomic E-state index is 0.276. The molecule has 4 nitrogen and oxygen atoms in total. The van der Waals surface area contributed by atoms with Gasteiger partial charge >= 0.3 is 0 Å². The van der Waals surface area contributed by atoms with Crippen LogP contribution in [0.4, 0.5) is 0 Å². The highest BCUT2D eigenvalue weighted by molar-refractivity contribution is 5.76. The van der Waals surface area contributed by atoms with Gasteiger partial charge in [-0.3, -0.25) is 4.79 Å². The Morgan fingerprint density at radius 3 is 2.68 bits per heavy atom. The number of rotatable bonds is 8. The molecule has 0 atom stereocenters. The fourth-order valence-corrected chi connectivity index (χ4v) is 2.82. The van der Waals surface area contributed by atoms with Gasteiger partial charge in [-0.05, 0) is 50.4 Å². The molecule has 0 aliphatic carbocycles. The molecular formula is C18H28N2O2. The van der Waals surface area contributed by atoms with Crippen molar-refractivity contribution in [2.24, 2.45) is 5.92 Å². The molecule has 0 spiro atoms. The highest BCUT2D eigenvalue weighted by Gasteiger charge is 2.21. The largest absolute Gasteiger partial charge is 0.494 e. The summed E-state index contributed by atoms with van der Waals surface area (Å²) in [5.41, 5.74) is 0. The molecule has 0 saturated carbocycles. The number of para-hydroxylation sites is 1. The first-order valence-corrected chi connectivity index (χ1v) is 8.46. The standard InChI is InChI=1S/C18H28N2O2/c1-2-19-15-16-10-12-20(13-11-16)18(21)9-6-14-22-17-7-4-3-5-8-17/h3-5,7-8,16,19H,2,6,9-15H2,1H3. The molecule has 2 rings (SSSR count). The molecule has 1 aliphatic rings. The third-order valence-corrected chi connectivity index (χ3v) is 4.20. The van der Waals surface area contributed by atoms with Crippen LogP contribution >= 0.6 is 0 Å². The smallest absolute Gasteiger partial charge is 0.222 e. The summed E-state index contributed by atoms with van der Waals surface area (Å²) in [5.74, 6) is 1.88. The summed E-state index contributed by atoms with van der Waals surface area (Å²) in [6.07, 6.45) is 3.62. The summed E-state index contributed by atoms with van der Waals surface area (Å²) >= 11 is 0. The summed E-state index contributed by atoms with van der Waals surface area (Å²) in [5, 5.41) is 3.40. The van der Waals surface area contributed by atoms with Gasteiger partial charge in [0.25, 0.3) is 0 Å². The van der Waals surface area contributed by atoms with Crippen LogP contribution in [-0.2, 0) is 4.79 Å². The van der Waals surface area contributed by atoms with Crippen LogP contribution < -0.4 is 10.1 Å². The Balaban J connectivity index is 1.58. The average molecular weight is 304 g/mol. The van der Waals surface area contributed by atoms with E-state index in [0.717, 1.165) is 57.1 Å². The number of nitrogens with zero attached hydrogens (tertiary/aromatic N) is 1. The molecule has 0 aromatic heterocycles. The third-order valence-electron chi connectivity index (χ3n) is 4.20. The molecule has 1 aromatic carbocycles. The van der Waals surface area contributed by atoms with E-state index in [2.05, 4.69) is 12.2 Å². The Morgan fingerprint density at radius 2 is 2.00 bits per heavy atom. The molecule has 0 bridgehead atoms. The Hall–Kier alpha value is -1.55. The fourth-order valence-electron chi connectivity index (χ4n) is 2.82. The van der Waals surface area contributed by atoms with Gasteiger partial charge in [0.2, 0.25) is 5.91 Å². The van der Waals surface area contributed by atoms with Gasteiger partial charge in [0.15, 0.2) is 0 Å². The topological polar surface area (TPSA) is 41.6 Å². The van der Waals surface area contributed by atoms with Crippen molar-refractivity contribution in [3.8, 4) is 5.75 Å². The van der Waals surface area contributed by atoms with Crippen LogP contribution in [0.5, 0.6) is 5.75 Å². The molecule has 4 heteroatoms. The van der Waals surface area contributed by atoms with Crippen molar-refractivity contribution in [3.63, 3.8) is 0 Å². The predicted molar refractivity (Wildman–Crippen MR) is 89.0 cm³/mol. The Morgan fingerprint density at radius 1 is 1.27 bits per heavy atom. The SMILES string of the molecule is CCNCC1CCN(C(=O)CCCOc2ccccc2)CC1. The van der Waals surface area contributed by atoms with Gasteiger partial charge in [0.1, 0.15) is 5.75 Å². The van der Waals surface area contributed by atoms with Crippen molar-refractivity contribution < 1.29 is 9.53 Å². The quantitative estimate of drug-likeness (QED) is 0.751. The van der Waals surface area contributed by atoms with Gasteiger partial charge in [-0.2, -0.15) is 0 Å². The predicted octanol–water partition coefficient (Wildman–Crippen LogP) is 2.69. The third kappa shape index (κ3) is 5.68. The molecule has 1 aliphatic heterocycles. The zero-order valence-corrected chi connectivity index (χ0v) is 13.6. The van der Waals surface area contributed by atoms with E-state index in [4.69, 9.17) is 4.74 Å². The van der Waals surface area contributed by atoms with Crippen LogP contribution in [-0.4, -0.2) is 43.6 Å². The van der Waals surface area contributed by atoms with E-state index in [0.29, 0.717) is 13.0 Å². The van der Waals surface area contributed by atoms with Crippen LogP contribution in [0.2, 0.25) is 0 Å². The lowest BCUT2D eigenvalue weighted by atomic mass is 9.96. The van der Waals surface area contributed by atoms with E-state index < -0.39 is 0 Å². The second-order valence-corrected chi connectivity index (χ2v) is 5.90.